The normalized spacial score (nSPS) is 20.1. The van der Waals surface area contributed by atoms with E-state index in [-0.39, 0.29) is 17.0 Å². The quantitative estimate of drug-likeness (QED) is 0.561. The van der Waals surface area contributed by atoms with E-state index in [1.165, 1.54) is 3.97 Å². The van der Waals surface area contributed by atoms with Gasteiger partial charge in [-0.2, -0.15) is 0 Å². The van der Waals surface area contributed by atoms with Crippen LogP contribution in [0.4, 0.5) is 0 Å². The molecule has 0 spiro atoms. The van der Waals surface area contributed by atoms with Crippen molar-refractivity contribution in [3.05, 3.63) is 68.0 Å². The van der Waals surface area contributed by atoms with Crippen LogP contribution in [0.2, 0.25) is 0 Å². The first-order valence-corrected chi connectivity index (χ1v) is 11.0. The summed E-state index contributed by atoms with van der Waals surface area (Å²) in [5.74, 6) is 0.757. The maximum Gasteiger partial charge on any atom is 0.269 e. The lowest BCUT2D eigenvalue weighted by atomic mass is 10.2. The molecule has 2 radical (unpaired) electrons. The van der Waals surface area contributed by atoms with Gasteiger partial charge in [0.15, 0.2) is 5.65 Å². The summed E-state index contributed by atoms with van der Waals surface area (Å²) in [7, 11) is -3.75. The Balaban J connectivity index is 1.76. The summed E-state index contributed by atoms with van der Waals surface area (Å²) in [6, 6.07) is 10.5. The van der Waals surface area contributed by atoms with Crippen LogP contribution in [0.1, 0.15) is 31.1 Å². The fourth-order valence-corrected chi connectivity index (χ4v) is 5.63. The van der Waals surface area contributed by atoms with Crippen molar-refractivity contribution in [3.8, 4) is 0 Å². The number of nitrogens with two attached hydrogens (primary N) is 1. The summed E-state index contributed by atoms with van der Waals surface area (Å²) < 4.78 is 29.7. The van der Waals surface area contributed by atoms with Gasteiger partial charge in [-0.3, -0.25) is 0 Å². The van der Waals surface area contributed by atoms with Crippen molar-refractivity contribution in [2.24, 2.45) is 5.73 Å². The molecule has 1 saturated carbocycles. The monoisotopic (exact) mass is 407 g/mol. The average molecular weight is 407 g/mol. The Morgan fingerprint density at radius 3 is 2.66 bits per heavy atom. The highest BCUT2D eigenvalue weighted by atomic mass is 32.2. The van der Waals surface area contributed by atoms with Crippen molar-refractivity contribution >= 4 is 32.1 Å². The van der Waals surface area contributed by atoms with Gasteiger partial charge in [0.2, 0.25) is 0 Å². The summed E-state index contributed by atoms with van der Waals surface area (Å²) in [5.41, 5.74) is 8.14. The van der Waals surface area contributed by atoms with E-state index in [1.54, 1.807) is 55.2 Å². The zero-order chi connectivity index (χ0) is 20.2. The molecule has 29 heavy (non-hydrogen) atoms. The first-order chi connectivity index (χ1) is 14.0. The van der Waals surface area contributed by atoms with Crippen molar-refractivity contribution < 1.29 is 8.42 Å². The Labute approximate surface area is 169 Å². The van der Waals surface area contributed by atoms with Crippen LogP contribution in [0.15, 0.2) is 53.7 Å². The Morgan fingerprint density at radius 2 is 1.97 bits per heavy atom. The summed E-state index contributed by atoms with van der Waals surface area (Å²) in [5, 5.41) is 0.753. The second-order valence-electron chi connectivity index (χ2n) is 7.43. The van der Waals surface area contributed by atoms with E-state index in [4.69, 9.17) is 5.73 Å². The summed E-state index contributed by atoms with van der Waals surface area (Å²) in [6.07, 6.45) is 7.70. The van der Waals surface area contributed by atoms with Crippen molar-refractivity contribution in [3.63, 3.8) is 0 Å². The third-order valence-corrected chi connectivity index (χ3v) is 7.33. The molecule has 3 heterocycles. The van der Waals surface area contributed by atoms with E-state index in [9.17, 15) is 8.42 Å². The van der Waals surface area contributed by atoms with Gasteiger partial charge in [0, 0.05) is 30.1 Å². The Morgan fingerprint density at radius 1 is 1.17 bits per heavy atom. The van der Waals surface area contributed by atoms with Crippen LogP contribution in [0, 0.1) is 13.3 Å². The van der Waals surface area contributed by atoms with Gasteiger partial charge in [-0.05, 0) is 44.4 Å². The smallest absolute Gasteiger partial charge is 0.269 e. The van der Waals surface area contributed by atoms with Gasteiger partial charge in [0.25, 0.3) is 10.0 Å². The topological polar surface area (TPSA) is 95.8 Å². The average Bonchev–Trinajstić information content (AvgIpc) is 3.43. The van der Waals surface area contributed by atoms with Crippen molar-refractivity contribution in [2.45, 2.75) is 36.2 Å². The Kier molecular flexibility index (Phi) is 4.22. The Hall–Kier alpha value is -2.71. The molecule has 8 heteroatoms. The van der Waals surface area contributed by atoms with Gasteiger partial charge in [-0.15, -0.1) is 0 Å². The van der Waals surface area contributed by atoms with E-state index in [1.807, 2.05) is 0 Å². The summed E-state index contributed by atoms with van der Waals surface area (Å²) in [4.78, 5) is 9.33. The van der Waals surface area contributed by atoms with Crippen LogP contribution in [-0.4, -0.2) is 33.0 Å². The highest BCUT2D eigenvalue weighted by Gasteiger charge is 2.28. The van der Waals surface area contributed by atoms with Crippen LogP contribution in [0.5, 0.6) is 0 Å². The minimum absolute atomic E-state index is 0.162. The third kappa shape index (κ3) is 2.78. The number of hydrogen-bond acceptors (Lipinski definition) is 5. The zero-order valence-electron chi connectivity index (χ0n) is 15.8. The number of pyridine rings is 1. The minimum Gasteiger partial charge on any atom is -0.328 e. The Bertz CT molecular complexity index is 1310. The molecule has 3 aromatic heterocycles. The predicted molar refractivity (Wildman–Crippen MR) is 112 cm³/mol. The van der Waals surface area contributed by atoms with Gasteiger partial charge < -0.3 is 10.3 Å². The number of imidazole rings is 1. The molecule has 0 aliphatic heterocycles. The highest BCUT2D eigenvalue weighted by Crippen LogP contribution is 2.36. The lowest BCUT2D eigenvalue weighted by Gasteiger charge is -2.16. The summed E-state index contributed by atoms with van der Waals surface area (Å²) in [6.45, 7) is 3.91. The van der Waals surface area contributed by atoms with Crippen molar-refractivity contribution in [1.29, 1.82) is 0 Å². The lowest BCUT2D eigenvalue weighted by Crippen LogP contribution is -2.16. The molecule has 7 nitrogen and oxygen atoms in total. The summed E-state index contributed by atoms with van der Waals surface area (Å²) >= 11 is 0. The molecule has 0 bridgehead atoms. The molecule has 1 aliphatic carbocycles. The molecule has 1 aromatic carbocycles. The molecule has 5 rings (SSSR count). The molecule has 2 atom stereocenters. The molecular weight excluding hydrogens is 386 g/mol. The maximum absolute atomic E-state index is 13.2. The van der Waals surface area contributed by atoms with Crippen LogP contribution in [-0.2, 0) is 10.0 Å². The maximum atomic E-state index is 13.2. The second kappa shape index (κ2) is 6.67. The van der Waals surface area contributed by atoms with Crippen LogP contribution in [0.3, 0.4) is 0 Å². The first kappa shape index (κ1) is 18.3. The fourth-order valence-electron chi connectivity index (χ4n) is 4.31. The van der Waals surface area contributed by atoms with Gasteiger partial charge in [0.05, 0.1) is 16.6 Å². The minimum atomic E-state index is -3.75. The number of hydrogen-bond donors (Lipinski definition) is 1. The molecular formula is C21H21N5O2S. The lowest BCUT2D eigenvalue weighted by molar-refractivity contribution is 0.515. The van der Waals surface area contributed by atoms with E-state index in [0.717, 1.165) is 41.5 Å². The van der Waals surface area contributed by atoms with E-state index in [2.05, 4.69) is 21.5 Å². The van der Waals surface area contributed by atoms with Gasteiger partial charge in [-0.25, -0.2) is 22.4 Å². The van der Waals surface area contributed by atoms with Gasteiger partial charge in [0.1, 0.15) is 11.3 Å². The van der Waals surface area contributed by atoms with Gasteiger partial charge in [-0.1, -0.05) is 18.2 Å². The SMILES string of the molecule is [CH2][CH]c1nc2cnc3c(ccn3S(=O)(=O)c3ccccc3)c2n1[C@H]1CC[C@@H](N)C1. The van der Waals surface area contributed by atoms with E-state index in [0.29, 0.717) is 5.65 Å². The van der Waals surface area contributed by atoms with Crippen LogP contribution >= 0.6 is 0 Å². The van der Waals surface area contributed by atoms with E-state index >= 15 is 0 Å². The molecule has 0 saturated heterocycles. The zero-order valence-corrected chi connectivity index (χ0v) is 16.6. The highest BCUT2D eigenvalue weighted by molar-refractivity contribution is 7.90. The second-order valence-corrected chi connectivity index (χ2v) is 9.24. The number of rotatable bonds is 4. The molecule has 0 unspecified atom stereocenters. The fraction of sp³-hybridized carbons (Fsp3) is 0.238. The first-order valence-electron chi connectivity index (χ1n) is 9.57. The molecule has 0 amide bonds. The van der Waals surface area contributed by atoms with Crippen LogP contribution in [0.25, 0.3) is 22.1 Å². The van der Waals surface area contributed by atoms with Crippen molar-refractivity contribution in [2.75, 3.05) is 0 Å². The number of benzene rings is 1. The van der Waals surface area contributed by atoms with E-state index < -0.39 is 10.0 Å². The number of aromatic nitrogens is 4. The van der Waals surface area contributed by atoms with Crippen molar-refractivity contribution in [1.82, 2.24) is 18.5 Å². The predicted octanol–water partition coefficient (Wildman–Crippen LogP) is 3.06. The molecule has 1 fully saturated rings. The molecule has 148 valence electrons. The van der Waals surface area contributed by atoms with Gasteiger partial charge >= 0.3 is 0 Å². The molecule has 2 N–H and O–H groups in total. The van der Waals surface area contributed by atoms with Crippen LogP contribution < -0.4 is 5.73 Å². The number of fused-ring (bicyclic) bond motifs is 3. The largest absolute Gasteiger partial charge is 0.328 e. The standard InChI is InChI=1S/C21H21N5O2S/c1-2-19-24-18-13-23-21-17(20(18)26(19)15-9-8-14(22)12-15)10-11-25(21)29(27,28)16-6-4-3-5-7-16/h2-7,10-11,13-15H,1,8-9,12,22H2/t14-,15+/m1/s1. The third-order valence-electron chi connectivity index (χ3n) is 5.65. The molecule has 4 aromatic rings. The molecule has 1 aliphatic rings. The number of nitrogens with zero attached hydrogens (tertiary/aromatic N) is 4.